The molecule has 1 aliphatic carbocycles. The molecule has 5 rings (SSSR count). The molecule has 1 aliphatic heterocycles. The van der Waals surface area contributed by atoms with Gasteiger partial charge in [0.05, 0.1) is 18.7 Å². The van der Waals surface area contributed by atoms with Crippen molar-refractivity contribution in [3.63, 3.8) is 0 Å². The van der Waals surface area contributed by atoms with Gasteiger partial charge in [-0.15, -0.1) is 0 Å². The molecule has 0 bridgehead atoms. The fourth-order valence-corrected chi connectivity index (χ4v) is 4.50. The van der Waals surface area contributed by atoms with Gasteiger partial charge >= 0.3 is 6.61 Å². The average molecular weight is 560 g/mol. The number of likely N-dealkylation sites (tertiary alicyclic amines) is 1. The summed E-state index contributed by atoms with van der Waals surface area (Å²) in [6.07, 6.45) is 3.20. The van der Waals surface area contributed by atoms with Gasteiger partial charge in [-0.3, -0.25) is 14.4 Å². The van der Waals surface area contributed by atoms with Crippen molar-refractivity contribution in [2.24, 2.45) is 0 Å². The molecule has 1 saturated carbocycles. The molecule has 0 atom stereocenters. The third-order valence-corrected chi connectivity index (χ3v) is 6.56. The molecule has 13 heteroatoms. The molecule has 210 valence electrons. The molecule has 40 heavy (non-hydrogen) atoms. The first kappa shape index (κ1) is 27.3. The first-order chi connectivity index (χ1) is 19.0. The number of nitrogens with zero attached hydrogens (tertiary/aromatic N) is 2. The maximum absolute atomic E-state index is 13.5. The van der Waals surface area contributed by atoms with Crippen molar-refractivity contribution < 1.29 is 31.9 Å². The van der Waals surface area contributed by atoms with Crippen molar-refractivity contribution in [2.75, 3.05) is 25.5 Å². The van der Waals surface area contributed by atoms with Gasteiger partial charge in [-0.1, -0.05) is 0 Å². The molecular weight excluding hydrogens is 534 g/mol. The number of aromatic amines is 1. The van der Waals surface area contributed by atoms with E-state index in [2.05, 4.69) is 25.3 Å². The summed E-state index contributed by atoms with van der Waals surface area (Å²) in [5, 5.41) is 5.57. The molecule has 1 aromatic carbocycles. The van der Waals surface area contributed by atoms with E-state index in [1.165, 1.54) is 30.5 Å². The molecule has 2 amide bonds. The van der Waals surface area contributed by atoms with E-state index in [1.807, 2.05) is 0 Å². The van der Waals surface area contributed by atoms with Crippen molar-refractivity contribution in [1.82, 2.24) is 20.2 Å². The Morgan fingerprint density at radius 2 is 1.90 bits per heavy atom. The number of benzene rings is 1. The summed E-state index contributed by atoms with van der Waals surface area (Å²) >= 11 is 0. The van der Waals surface area contributed by atoms with Gasteiger partial charge in [0.25, 0.3) is 23.3 Å². The number of carbonyl (C=O) groups is 2. The SMILES string of the molecule is CNCc1c[nH]c(=O)c(C(=O)Nc2cc(-c3ccc(OC(F)F)cc3C(=O)N3CC(F)(F)C3)cc(C3CC3)n2)c1. The second kappa shape index (κ2) is 10.7. The van der Waals surface area contributed by atoms with Crippen molar-refractivity contribution >= 4 is 17.6 Å². The number of halogens is 4. The number of anilines is 1. The highest BCUT2D eigenvalue weighted by Crippen LogP contribution is 2.42. The van der Waals surface area contributed by atoms with Gasteiger partial charge in [0.2, 0.25) is 0 Å². The highest BCUT2D eigenvalue weighted by molar-refractivity contribution is 6.05. The second-order valence-corrected chi connectivity index (χ2v) is 9.78. The van der Waals surface area contributed by atoms with Crippen LogP contribution in [0.25, 0.3) is 11.1 Å². The van der Waals surface area contributed by atoms with Gasteiger partial charge in [-0.05, 0) is 73.0 Å². The monoisotopic (exact) mass is 559 g/mol. The minimum absolute atomic E-state index is 0.101. The number of hydrogen-bond acceptors (Lipinski definition) is 6. The number of amides is 2. The Balaban J connectivity index is 1.52. The van der Waals surface area contributed by atoms with Crippen molar-refractivity contribution in [2.45, 2.75) is 37.8 Å². The number of rotatable bonds is 9. The maximum Gasteiger partial charge on any atom is 0.387 e. The third-order valence-electron chi connectivity index (χ3n) is 6.56. The zero-order chi connectivity index (χ0) is 28.6. The van der Waals surface area contributed by atoms with Crippen molar-refractivity contribution in [3.05, 3.63) is 75.3 Å². The highest BCUT2D eigenvalue weighted by Gasteiger charge is 2.46. The van der Waals surface area contributed by atoms with E-state index in [0.717, 1.165) is 23.8 Å². The lowest BCUT2D eigenvalue weighted by Gasteiger charge is -2.39. The lowest BCUT2D eigenvalue weighted by molar-refractivity contribution is -0.113. The topological polar surface area (TPSA) is 116 Å². The number of hydrogen-bond donors (Lipinski definition) is 3. The molecule has 0 unspecified atom stereocenters. The fourth-order valence-electron chi connectivity index (χ4n) is 4.50. The smallest absolute Gasteiger partial charge is 0.387 e. The quantitative estimate of drug-likeness (QED) is 0.342. The van der Waals surface area contributed by atoms with Crippen LogP contribution < -0.4 is 20.9 Å². The standard InChI is InChI=1S/C27H25F4N5O4/c1-32-10-14-6-20(23(37)33-11-14)24(38)35-22-8-16(7-21(34-22)15-2-3-15)18-5-4-17(40-26(28)29)9-19(18)25(39)36-12-27(30,31)13-36/h4-9,11,15,26,32H,2-3,10,12-13H2,1H3,(H,33,37)(H,34,35,38). The average Bonchev–Trinajstić information content (AvgIpc) is 3.73. The number of ether oxygens (including phenoxy) is 1. The first-order valence-corrected chi connectivity index (χ1v) is 12.5. The first-order valence-electron chi connectivity index (χ1n) is 12.5. The summed E-state index contributed by atoms with van der Waals surface area (Å²) in [4.78, 5) is 46.5. The van der Waals surface area contributed by atoms with Gasteiger partial charge in [0.15, 0.2) is 0 Å². The van der Waals surface area contributed by atoms with E-state index < -0.39 is 43.0 Å². The summed E-state index contributed by atoms with van der Waals surface area (Å²) in [5.41, 5.74) is 1.13. The molecule has 2 fully saturated rings. The zero-order valence-corrected chi connectivity index (χ0v) is 21.3. The molecule has 1 saturated heterocycles. The number of nitrogens with one attached hydrogen (secondary N) is 3. The van der Waals surface area contributed by atoms with E-state index in [9.17, 15) is 31.9 Å². The normalized spacial score (nSPS) is 16.0. The zero-order valence-electron chi connectivity index (χ0n) is 21.3. The van der Waals surface area contributed by atoms with Crippen molar-refractivity contribution in [1.29, 1.82) is 0 Å². The summed E-state index contributed by atoms with van der Waals surface area (Å²) < 4.78 is 57.2. The Bertz CT molecular complexity index is 1510. The van der Waals surface area contributed by atoms with Crippen LogP contribution in [0.1, 0.15) is 50.7 Å². The maximum atomic E-state index is 13.5. The fraction of sp³-hybridized carbons (Fsp3) is 0.333. The Kier molecular flexibility index (Phi) is 7.32. The highest BCUT2D eigenvalue weighted by atomic mass is 19.3. The van der Waals surface area contributed by atoms with E-state index in [0.29, 0.717) is 23.4 Å². The van der Waals surface area contributed by atoms with E-state index in [1.54, 1.807) is 13.1 Å². The Labute approximate surface area is 225 Å². The van der Waals surface area contributed by atoms with Crippen LogP contribution >= 0.6 is 0 Å². The Morgan fingerprint density at radius 1 is 1.15 bits per heavy atom. The van der Waals surface area contributed by atoms with Crippen LogP contribution in [0.2, 0.25) is 0 Å². The third kappa shape index (κ3) is 5.98. The summed E-state index contributed by atoms with van der Waals surface area (Å²) in [6, 6.07) is 8.34. The molecule has 2 aromatic heterocycles. The molecule has 3 aromatic rings. The molecule has 3 N–H and O–H groups in total. The predicted octanol–water partition coefficient (Wildman–Crippen LogP) is 3.98. The van der Waals surface area contributed by atoms with Gasteiger partial charge in [0.1, 0.15) is 17.1 Å². The van der Waals surface area contributed by atoms with Crippen LogP contribution in [0.4, 0.5) is 23.4 Å². The lowest BCUT2D eigenvalue weighted by atomic mass is 9.96. The molecule has 0 radical (unpaired) electrons. The lowest BCUT2D eigenvalue weighted by Crippen LogP contribution is -2.58. The van der Waals surface area contributed by atoms with Crippen LogP contribution in [0.15, 0.2) is 47.4 Å². The summed E-state index contributed by atoms with van der Waals surface area (Å²) in [6.45, 7) is -4.32. The molecule has 0 spiro atoms. The van der Waals surface area contributed by atoms with E-state index in [4.69, 9.17) is 0 Å². The largest absolute Gasteiger partial charge is 0.435 e. The predicted molar refractivity (Wildman–Crippen MR) is 137 cm³/mol. The molecular formula is C27H25F4N5O4. The van der Waals surface area contributed by atoms with Gasteiger partial charge in [0, 0.05) is 24.4 Å². The van der Waals surface area contributed by atoms with E-state index in [-0.39, 0.29) is 34.2 Å². The van der Waals surface area contributed by atoms with E-state index >= 15 is 0 Å². The van der Waals surface area contributed by atoms with Crippen LogP contribution in [0, 0.1) is 0 Å². The molecule has 3 heterocycles. The number of pyridine rings is 2. The second-order valence-electron chi connectivity index (χ2n) is 9.78. The number of alkyl halides is 4. The van der Waals surface area contributed by atoms with Crippen LogP contribution in [0.3, 0.4) is 0 Å². The minimum atomic E-state index is -3.15. The van der Waals surface area contributed by atoms with Crippen molar-refractivity contribution in [3.8, 4) is 16.9 Å². The van der Waals surface area contributed by atoms with Gasteiger partial charge in [-0.25, -0.2) is 13.8 Å². The Hall–Kier alpha value is -4.26. The summed E-state index contributed by atoms with van der Waals surface area (Å²) in [7, 11) is 1.72. The van der Waals surface area contributed by atoms with Gasteiger partial charge in [-0.2, -0.15) is 8.78 Å². The minimum Gasteiger partial charge on any atom is -0.435 e. The Morgan fingerprint density at radius 3 is 2.55 bits per heavy atom. The number of H-pyrrole nitrogens is 1. The van der Waals surface area contributed by atoms with Crippen LogP contribution in [-0.2, 0) is 6.54 Å². The summed E-state index contributed by atoms with van der Waals surface area (Å²) in [5.74, 6) is -4.60. The number of carbonyl (C=O) groups excluding carboxylic acids is 2. The van der Waals surface area contributed by atoms with Crippen LogP contribution in [0.5, 0.6) is 5.75 Å². The molecule has 9 nitrogen and oxygen atoms in total. The molecule has 2 aliphatic rings. The van der Waals surface area contributed by atoms with Gasteiger partial charge < -0.3 is 25.3 Å². The van der Waals surface area contributed by atoms with Crippen LogP contribution in [-0.4, -0.2) is 59.4 Å². The number of aromatic nitrogens is 2.